The average molecular weight is 210 g/mol. The maximum absolute atomic E-state index is 10.0. The Morgan fingerprint density at radius 1 is 1.06 bits per heavy atom. The van der Waals surface area contributed by atoms with E-state index in [2.05, 4.69) is 4.98 Å². The Kier molecular flexibility index (Phi) is 5.01. The van der Waals surface area contributed by atoms with Crippen LogP contribution < -0.4 is 0 Å². The van der Waals surface area contributed by atoms with Crippen LogP contribution in [0.25, 0.3) is 0 Å². The van der Waals surface area contributed by atoms with Crippen molar-refractivity contribution in [2.75, 3.05) is 0 Å². The number of nitriles is 1. The van der Waals surface area contributed by atoms with Crippen LogP contribution in [0.4, 0.5) is 0 Å². The van der Waals surface area contributed by atoms with Gasteiger partial charge < -0.3 is 0 Å². The SMILES string of the molecule is N#Cc1ccncc1.O=Cc1ccccc1. The van der Waals surface area contributed by atoms with Gasteiger partial charge in [-0.2, -0.15) is 5.26 Å². The summed E-state index contributed by atoms with van der Waals surface area (Å²) in [5.74, 6) is 0. The first-order valence-electron chi connectivity index (χ1n) is 4.67. The quantitative estimate of drug-likeness (QED) is 0.679. The van der Waals surface area contributed by atoms with Crippen LogP contribution in [0.5, 0.6) is 0 Å². The van der Waals surface area contributed by atoms with Gasteiger partial charge in [-0.05, 0) is 12.1 Å². The fourth-order valence-electron chi connectivity index (χ4n) is 0.958. The lowest BCUT2D eigenvalue weighted by Gasteiger charge is -1.81. The van der Waals surface area contributed by atoms with Gasteiger partial charge in [-0.1, -0.05) is 30.3 Å². The van der Waals surface area contributed by atoms with E-state index in [0.717, 1.165) is 11.8 Å². The van der Waals surface area contributed by atoms with Gasteiger partial charge in [0.2, 0.25) is 0 Å². The lowest BCUT2D eigenvalue weighted by molar-refractivity contribution is 0.112. The molecule has 0 radical (unpaired) electrons. The molecule has 3 heteroatoms. The van der Waals surface area contributed by atoms with Crippen LogP contribution in [0.2, 0.25) is 0 Å². The standard InChI is InChI=1S/C7H6O.C6H4N2/c8-6-7-4-2-1-3-5-7;7-5-6-1-3-8-4-2-6/h1-6H;1-4H. The first-order valence-corrected chi connectivity index (χ1v) is 4.67. The van der Waals surface area contributed by atoms with Crippen molar-refractivity contribution in [1.82, 2.24) is 4.98 Å². The molecule has 0 N–H and O–H groups in total. The van der Waals surface area contributed by atoms with Crippen LogP contribution in [0, 0.1) is 11.3 Å². The molecule has 0 spiro atoms. The molecule has 0 saturated heterocycles. The van der Waals surface area contributed by atoms with E-state index < -0.39 is 0 Å². The van der Waals surface area contributed by atoms with E-state index in [1.165, 1.54) is 0 Å². The summed E-state index contributed by atoms with van der Waals surface area (Å²) in [5.41, 5.74) is 1.38. The molecular weight excluding hydrogens is 200 g/mol. The van der Waals surface area contributed by atoms with E-state index in [9.17, 15) is 4.79 Å². The van der Waals surface area contributed by atoms with Crippen molar-refractivity contribution in [3.05, 3.63) is 66.0 Å². The third-order valence-electron chi connectivity index (χ3n) is 1.75. The molecule has 0 bridgehead atoms. The summed E-state index contributed by atoms with van der Waals surface area (Å²) in [6.45, 7) is 0. The van der Waals surface area contributed by atoms with Crippen LogP contribution >= 0.6 is 0 Å². The molecule has 1 aromatic heterocycles. The molecular formula is C13H10N2O. The first-order chi connectivity index (χ1) is 7.86. The second-order valence-corrected chi connectivity index (χ2v) is 2.88. The maximum Gasteiger partial charge on any atom is 0.150 e. The van der Waals surface area contributed by atoms with Gasteiger partial charge in [0.1, 0.15) is 6.29 Å². The van der Waals surface area contributed by atoms with Gasteiger partial charge in [-0.15, -0.1) is 0 Å². The molecule has 0 amide bonds. The summed E-state index contributed by atoms with van der Waals surface area (Å²) in [6, 6.07) is 14.4. The van der Waals surface area contributed by atoms with Crippen LogP contribution in [0.1, 0.15) is 15.9 Å². The van der Waals surface area contributed by atoms with Crippen molar-refractivity contribution >= 4 is 6.29 Å². The van der Waals surface area contributed by atoms with Crippen molar-refractivity contribution < 1.29 is 4.79 Å². The van der Waals surface area contributed by atoms with E-state index in [0.29, 0.717) is 5.56 Å². The fourth-order valence-corrected chi connectivity index (χ4v) is 0.958. The molecule has 2 aromatic rings. The highest BCUT2D eigenvalue weighted by atomic mass is 16.1. The Hall–Kier alpha value is -2.47. The van der Waals surface area contributed by atoms with Crippen molar-refractivity contribution in [3.63, 3.8) is 0 Å². The maximum atomic E-state index is 10.0. The highest BCUT2D eigenvalue weighted by Gasteiger charge is 1.80. The number of aromatic nitrogens is 1. The minimum atomic E-state index is 0.653. The lowest BCUT2D eigenvalue weighted by Crippen LogP contribution is -1.73. The van der Waals surface area contributed by atoms with Crippen molar-refractivity contribution in [2.45, 2.75) is 0 Å². The van der Waals surface area contributed by atoms with Gasteiger partial charge in [-0.25, -0.2) is 0 Å². The summed E-state index contributed by atoms with van der Waals surface area (Å²) in [7, 11) is 0. The molecule has 3 nitrogen and oxygen atoms in total. The summed E-state index contributed by atoms with van der Waals surface area (Å²) in [6.07, 6.45) is 4.02. The predicted molar refractivity (Wildman–Crippen MR) is 60.8 cm³/mol. The Bertz CT molecular complexity index is 460. The number of hydrogen-bond donors (Lipinski definition) is 0. The van der Waals surface area contributed by atoms with Crippen LogP contribution in [-0.2, 0) is 0 Å². The molecule has 0 unspecified atom stereocenters. The highest BCUT2D eigenvalue weighted by Crippen LogP contribution is 1.91. The van der Waals surface area contributed by atoms with E-state index >= 15 is 0 Å². The van der Waals surface area contributed by atoms with Crippen LogP contribution in [-0.4, -0.2) is 11.3 Å². The zero-order chi connectivity index (χ0) is 11.6. The number of rotatable bonds is 1. The van der Waals surface area contributed by atoms with Gasteiger partial charge >= 0.3 is 0 Å². The molecule has 16 heavy (non-hydrogen) atoms. The number of nitrogens with zero attached hydrogens (tertiary/aromatic N) is 2. The summed E-state index contributed by atoms with van der Waals surface area (Å²) >= 11 is 0. The van der Waals surface area contributed by atoms with Crippen LogP contribution in [0.3, 0.4) is 0 Å². The number of pyridine rings is 1. The number of benzene rings is 1. The van der Waals surface area contributed by atoms with Gasteiger partial charge in [0.05, 0.1) is 11.6 Å². The van der Waals surface area contributed by atoms with E-state index in [1.807, 2.05) is 24.3 Å². The largest absolute Gasteiger partial charge is 0.298 e. The highest BCUT2D eigenvalue weighted by molar-refractivity contribution is 5.74. The minimum Gasteiger partial charge on any atom is -0.298 e. The summed E-state index contributed by atoms with van der Waals surface area (Å²) < 4.78 is 0. The molecule has 2 rings (SSSR count). The monoisotopic (exact) mass is 210 g/mol. The van der Waals surface area contributed by atoms with Crippen molar-refractivity contribution in [3.8, 4) is 6.07 Å². The molecule has 0 fully saturated rings. The number of hydrogen-bond acceptors (Lipinski definition) is 3. The lowest BCUT2D eigenvalue weighted by atomic mass is 10.2. The zero-order valence-electron chi connectivity index (χ0n) is 8.58. The Morgan fingerprint density at radius 3 is 2.06 bits per heavy atom. The molecule has 0 aliphatic heterocycles. The zero-order valence-corrected chi connectivity index (χ0v) is 8.58. The molecule has 78 valence electrons. The number of carbonyl (C=O) groups excluding carboxylic acids is 1. The van der Waals surface area contributed by atoms with Crippen LogP contribution in [0.15, 0.2) is 54.9 Å². The van der Waals surface area contributed by atoms with Gasteiger partial charge in [0.25, 0.3) is 0 Å². The molecule has 1 heterocycles. The second-order valence-electron chi connectivity index (χ2n) is 2.88. The molecule has 0 aliphatic rings. The van der Waals surface area contributed by atoms with E-state index in [4.69, 9.17) is 5.26 Å². The topological polar surface area (TPSA) is 53.8 Å². The number of aldehydes is 1. The predicted octanol–water partition coefficient (Wildman–Crippen LogP) is 2.45. The summed E-state index contributed by atoms with van der Waals surface area (Å²) in [4.78, 5) is 13.7. The number of carbonyl (C=O) groups is 1. The van der Waals surface area contributed by atoms with E-state index in [-0.39, 0.29) is 0 Å². The second kappa shape index (κ2) is 6.91. The molecule has 0 atom stereocenters. The molecule has 0 aliphatic carbocycles. The van der Waals surface area contributed by atoms with Crippen molar-refractivity contribution in [2.24, 2.45) is 0 Å². The third kappa shape index (κ3) is 4.16. The normalized spacial score (nSPS) is 8.19. The summed E-state index contributed by atoms with van der Waals surface area (Å²) in [5, 5.41) is 8.26. The minimum absolute atomic E-state index is 0.653. The van der Waals surface area contributed by atoms with Crippen molar-refractivity contribution in [1.29, 1.82) is 5.26 Å². The Morgan fingerprint density at radius 2 is 1.69 bits per heavy atom. The Balaban J connectivity index is 0.000000160. The van der Waals surface area contributed by atoms with Gasteiger partial charge in [-0.3, -0.25) is 9.78 Å². The average Bonchev–Trinajstić information content (AvgIpc) is 2.41. The third-order valence-corrected chi connectivity index (χ3v) is 1.75. The first kappa shape index (κ1) is 11.6. The van der Waals surface area contributed by atoms with Gasteiger partial charge in [0, 0.05) is 18.0 Å². The molecule has 1 aromatic carbocycles. The smallest absolute Gasteiger partial charge is 0.150 e. The fraction of sp³-hybridized carbons (Fsp3) is 0. The van der Waals surface area contributed by atoms with Gasteiger partial charge in [0.15, 0.2) is 0 Å². The Labute approximate surface area is 94.0 Å². The molecule has 0 saturated carbocycles. The van der Waals surface area contributed by atoms with E-state index in [1.54, 1.807) is 36.7 Å².